The van der Waals surface area contributed by atoms with Gasteiger partial charge in [0.05, 0.1) is 33.4 Å². The fourth-order valence-electron chi connectivity index (χ4n) is 5.28. The number of rotatable bonds is 10. The summed E-state index contributed by atoms with van der Waals surface area (Å²) >= 11 is 12.4. The van der Waals surface area contributed by atoms with Crippen molar-refractivity contribution in [3.8, 4) is 0 Å². The molecule has 1 saturated heterocycles. The smallest absolute Gasteiger partial charge is 0.385 e. The number of benzene rings is 3. The minimum absolute atomic E-state index is 0.0538. The van der Waals surface area contributed by atoms with Gasteiger partial charge in [0.25, 0.3) is 0 Å². The van der Waals surface area contributed by atoms with Crippen molar-refractivity contribution in [1.29, 1.82) is 0 Å². The maximum Gasteiger partial charge on any atom is 0.416 e. The molecule has 1 heterocycles. The van der Waals surface area contributed by atoms with E-state index < -0.39 is 35.7 Å². The van der Waals surface area contributed by atoms with E-state index in [0.717, 1.165) is 17.7 Å². The molecule has 11 heteroatoms. The lowest BCUT2D eigenvalue weighted by Gasteiger charge is -2.39. The summed E-state index contributed by atoms with van der Waals surface area (Å²) in [6.07, 6.45) is -7.49. The molecule has 0 spiro atoms. The first kappa shape index (κ1) is 32.6. The van der Waals surface area contributed by atoms with Crippen molar-refractivity contribution in [3.63, 3.8) is 0 Å². The highest BCUT2D eigenvalue weighted by molar-refractivity contribution is 6.42. The summed E-state index contributed by atoms with van der Waals surface area (Å²) < 4.78 is 84.8. The predicted octanol–water partition coefficient (Wildman–Crippen LogP) is 9.10. The lowest BCUT2D eigenvalue weighted by Crippen LogP contribution is -2.43. The van der Waals surface area contributed by atoms with Crippen molar-refractivity contribution < 1.29 is 36.2 Å². The Kier molecular flexibility index (Phi) is 10.5. The van der Waals surface area contributed by atoms with Gasteiger partial charge < -0.3 is 14.7 Å². The molecule has 3 aromatic carbocycles. The number of likely N-dealkylation sites (tertiary alicyclic amines) is 1. The van der Waals surface area contributed by atoms with E-state index in [1.54, 1.807) is 12.1 Å². The zero-order valence-electron chi connectivity index (χ0n) is 22.6. The van der Waals surface area contributed by atoms with Gasteiger partial charge >= 0.3 is 12.4 Å². The normalized spacial score (nSPS) is 16.9. The van der Waals surface area contributed by atoms with Crippen LogP contribution >= 0.6 is 23.2 Å². The van der Waals surface area contributed by atoms with E-state index in [1.165, 1.54) is 0 Å². The highest BCUT2D eigenvalue weighted by Crippen LogP contribution is 2.37. The van der Waals surface area contributed by atoms with Gasteiger partial charge in [-0.1, -0.05) is 59.6 Å². The quantitative estimate of drug-likeness (QED) is 0.179. The summed E-state index contributed by atoms with van der Waals surface area (Å²) in [6, 6.07) is 16.4. The Bertz CT molecular complexity index is 1290. The molecule has 0 amide bonds. The molecule has 3 aromatic rings. The molecule has 4 rings (SSSR count). The molecule has 3 nitrogen and oxygen atoms in total. The monoisotopic (exact) mass is 633 g/mol. The number of hydrogen-bond donors (Lipinski definition) is 1. The molecule has 1 N–H and O–H groups in total. The van der Waals surface area contributed by atoms with Gasteiger partial charge in [0.2, 0.25) is 0 Å². The van der Waals surface area contributed by atoms with E-state index in [0.29, 0.717) is 61.0 Å². The van der Waals surface area contributed by atoms with Crippen LogP contribution in [0.2, 0.25) is 10.0 Å². The first-order valence-corrected chi connectivity index (χ1v) is 14.3. The van der Waals surface area contributed by atoms with Gasteiger partial charge in [0.1, 0.15) is 0 Å². The molecule has 228 valence electrons. The third kappa shape index (κ3) is 8.63. The van der Waals surface area contributed by atoms with E-state index in [-0.39, 0.29) is 24.2 Å². The number of ether oxygens (including phenoxy) is 1. The number of nitrogens with zero attached hydrogens (tertiary/aromatic N) is 1. The van der Waals surface area contributed by atoms with Crippen molar-refractivity contribution >= 4 is 23.2 Å². The van der Waals surface area contributed by atoms with Gasteiger partial charge in [-0.3, -0.25) is 0 Å². The number of halogens is 8. The van der Waals surface area contributed by atoms with Gasteiger partial charge in [-0.25, -0.2) is 0 Å². The number of hydrogen-bond acceptors (Lipinski definition) is 3. The van der Waals surface area contributed by atoms with Gasteiger partial charge in [-0.2, -0.15) is 26.3 Å². The van der Waals surface area contributed by atoms with Crippen LogP contribution in [0.25, 0.3) is 0 Å². The topological polar surface area (TPSA) is 32.7 Å². The number of alkyl halides is 6. The van der Waals surface area contributed by atoms with Crippen molar-refractivity contribution in [1.82, 2.24) is 4.90 Å². The lowest BCUT2D eigenvalue weighted by molar-refractivity contribution is -0.143. The van der Waals surface area contributed by atoms with Crippen LogP contribution in [0.1, 0.15) is 59.4 Å². The Morgan fingerprint density at radius 2 is 1.43 bits per heavy atom. The second-order valence-electron chi connectivity index (χ2n) is 10.7. The van der Waals surface area contributed by atoms with E-state index in [2.05, 4.69) is 4.90 Å². The molecule has 1 aliphatic rings. The summed E-state index contributed by atoms with van der Waals surface area (Å²) in [4.78, 5) is 2.27. The summed E-state index contributed by atoms with van der Waals surface area (Å²) in [6.45, 7) is 1.83. The molecule has 1 unspecified atom stereocenters. The first-order valence-electron chi connectivity index (χ1n) is 13.6. The maximum atomic E-state index is 13.2. The van der Waals surface area contributed by atoms with Crippen LogP contribution in [0, 0.1) is 0 Å². The Balaban J connectivity index is 1.38. The van der Waals surface area contributed by atoms with Crippen LogP contribution in [0.5, 0.6) is 0 Å². The van der Waals surface area contributed by atoms with Crippen LogP contribution in [-0.4, -0.2) is 36.2 Å². The molecule has 0 bridgehead atoms. The largest absolute Gasteiger partial charge is 0.416 e. The fourth-order valence-corrected chi connectivity index (χ4v) is 5.59. The van der Waals surface area contributed by atoms with Gasteiger partial charge in [-0.05, 0) is 85.2 Å². The van der Waals surface area contributed by atoms with Gasteiger partial charge in [0, 0.05) is 19.7 Å². The summed E-state index contributed by atoms with van der Waals surface area (Å²) in [5.74, 6) is -0.0538. The third-order valence-electron chi connectivity index (χ3n) is 7.73. The van der Waals surface area contributed by atoms with E-state index >= 15 is 0 Å². The fraction of sp³-hybridized carbons (Fsp3) is 0.419. The summed E-state index contributed by atoms with van der Waals surface area (Å²) in [7, 11) is 0. The Hall–Kier alpha value is -2.30. The minimum atomic E-state index is -4.92. The average Bonchev–Trinajstić information content (AvgIpc) is 2.94. The van der Waals surface area contributed by atoms with Crippen LogP contribution in [-0.2, 0) is 29.3 Å². The molecule has 1 aliphatic heterocycles. The highest BCUT2D eigenvalue weighted by atomic mass is 35.5. The molecule has 42 heavy (non-hydrogen) atoms. The molecule has 1 fully saturated rings. The molecule has 0 aliphatic carbocycles. The second-order valence-corrected chi connectivity index (χ2v) is 11.5. The molecule has 0 aromatic heterocycles. The van der Waals surface area contributed by atoms with Crippen LogP contribution in [0.4, 0.5) is 26.3 Å². The van der Waals surface area contributed by atoms with E-state index in [1.807, 2.05) is 36.4 Å². The van der Waals surface area contributed by atoms with Crippen molar-refractivity contribution in [2.45, 2.75) is 56.2 Å². The molecular weight excluding hydrogens is 603 g/mol. The average molecular weight is 634 g/mol. The zero-order chi connectivity index (χ0) is 30.5. The SMILES string of the molecule is OC1(c2ccccc2)CCN(CCC(CCOCc2cc(C(F)(F)F)cc(C(F)(F)F)c2)c2ccc(Cl)c(Cl)c2)CC1. The Labute approximate surface area is 251 Å². The molecule has 0 radical (unpaired) electrons. The first-order chi connectivity index (χ1) is 19.7. The highest BCUT2D eigenvalue weighted by Gasteiger charge is 2.37. The third-order valence-corrected chi connectivity index (χ3v) is 8.47. The van der Waals surface area contributed by atoms with Crippen molar-refractivity contribution in [2.75, 3.05) is 26.2 Å². The van der Waals surface area contributed by atoms with Gasteiger partial charge in [-0.15, -0.1) is 0 Å². The van der Waals surface area contributed by atoms with Crippen molar-refractivity contribution in [2.24, 2.45) is 0 Å². The minimum Gasteiger partial charge on any atom is -0.385 e. The van der Waals surface area contributed by atoms with Crippen molar-refractivity contribution in [3.05, 3.63) is 105 Å². The Morgan fingerprint density at radius 3 is 2.00 bits per heavy atom. The van der Waals surface area contributed by atoms with Crippen LogP contribution in [0.15, 0.2) is 66.7 Å². The molecular formula is C31H31Cl2F6NO2. The standard InChI is InChI=1S/C31H31Cl2F6NO2/c32-27-7-6-23(18-28(27)33)22(8-12-40-13-10-29(41,11-14-40)24-4-2-1-3-5-24)9-15-42-20-21-16-25(30(34,35)36)19-26(17-21)31(37,38)39/h1-7,16-19,22,41H,8-15,20H2. The van der Waals surface area contributed by atoms with E-state index in [4.69, 9.17) is 27.9 Å². The van der Waals surface area contributed by atoms with E-state index in [9.17, 15) is 31.4 Å². The maximum absolute atomic E-state index is 13.2. The summed E-state index contributed by atoms with van der Waals surface area (Å²) in [5.41, 5.74) is -2.01. The zero-order valence-corrected chi connectivity index (χ0v) is 24.1. The molecule has 0 saturated carbocycles. The number of aliphatic hydroxyl groups is 1. The number of piperidine rings is 1. The lowest BCUT2D eigenvalue weighted by atomic mass is 9.84. The van der Waals surface area contributed by atoms with Gasteiger partial charge in [0.15, 0.2) is 0 Å². The van der Waals surface area contributed by atoms with Crippen LogP contribution in [0.3, 0.4) is 0 Å². The second kappa shape index (κ2) is 13.6. The Morgan fingerprint density at radius 1 is 0.810 bits per heavy atom. The summed E-state index contributed by atoms with van der Waals surface area (Å²) in [5, 5.41) is 11.9. The van der Waals surface area contributed by atoms with Crippen LogP contribution < -0.4 is 0 Å². The predicted molar refractivity (Wildman–Crippen MR) is 151 cm³/mol. The molecule has 1 atom stereocenters.